The van der Waals surface area contributed by atoms with Crippen LogP contribution in [0.1, 0.15) is 17.5 Å². The number of benzene rings is 2. The lowest BCUT2D eigenvalue weighted by molar-refractivity contribution is 0.280. The van der Waals surface area contributed by atoms with Crippen LogP contribution in [-0.4, -0.2) is 27.2 Å². The second-order valence-corrected chi connectivity index (χ2v) is 5.94. The molecule has 0 heterocycles. The van der Waals surface area contributed by atoms with Crippen LogP contribution in [0.2, 0.25) is 5.02 Å². The summed E-state index contributed by atoms with van der Waals surface area (Å²) in [6.45, 7) is 3.09. The van der Waals surface area contributed by atoms with Crippen LogP contribution in [0.3, 0.4) is 0 Å². The van der Waals surface area contributed by atoms with Crippen molar-refractivity contribution < 1.29 is 9.47 Å². The SMILES string of the molecule is CNCCCNCc1cc(Cl)cc(OC)c1OCc1ccccc1. The fourth-order valence-electron chi connectivity index (χ4n) is 2.41. The van der Waals surface area contributed by atoms with E-state index in [1.165, 1.54) is 0 Å². The van der Waals surface area contributed by atoms with Gasteiger partial charge in [-0.3, -0.25) is 0 Å². The van der Waals surface area contributed by atoms with Crippen molar-refractivity contribution in [3.63, 3.8) is 0 Å². The van der Waals surface area contributed by atoms with Crippen LogP contribution in [0.15, 0.2) is 42.5 Å². The number of rotatable bonds is 10. The predicted octanol–water partition coefficient (Wildman–Crippen LogP) is 3.63. The first-order chi connectivity index (χ1) is 11.7. The van der Waals surface area contributed by atoms with Gasteiger partial charge >= 0.3 is 0 Å². The van der Waals surface area contributed by atoms with E-state index < -0.39 is 0 Å². The Hall–Kier alpha value is -1.75. The van der Waals surface area contributed by atoms with E-state index in [4.69, 9.17) is 21.1 Å². The summed E-state index contributed by atoms with van der Waals surface area (Å²) in [4.78, 5) is 0. The van der Waals surface area contributed by atoms with E-state index >= 15 is 0 Å². The molecule has 0 aliphatic heterocycles. The van der Waals surface area contributed by atoms with Crippen LogP contribution in [0.25, 0.3) is 0 Å². The van der Waals surface area contributed by atoms with Gasteiger partial charge in [-0.05, 0) is 38.2 Å². The Labute approximate surface area is 149 Å². The smallest absolute Gasteiger partial charge is 0.166 e. The average Bonchev–Trinajstić information content (AvgIpc) is 2.61. The van der Waals surface area contributed by atoms with Crippen LogP contribution in [0.4, 0.5) is 0 Å². The van der Waals surface area contributed by atoms with Crippen molar-refractivity contribution in [2.75, 3.05) is 27.2 Å². The fourth-order valence-corrected chi connectivity index (χ4v) is 2.64. The zero-order valence-corrected chi connectivity index (χ0v) is 15.0. The van der Waals surface area contributed by atoms with Crippen LogP contribution >= 0.6 is 11.6 Å². The Bertz CT molecular complexity index is 620. The molecule has 2 aromatic rings. The number of methoxy groups -OCH3 is 1. The van der Waals surface area contributed by atoms with Crippen LogP contribution in [0.5, 0.6) is 11.5 Å². The molecule has 0 saturated heterocycles. The summed E-state index contributed by atoms with van der Waals surface area (Å²) >= 11 is 6.21. The van der Waals surface area contributed by atoms with Gasteiger partial charge in [0, 0.05) is 23.2 Å². The van der Waals surface area contributed by atoms with Gasteiger partial charge in [0.25, 0.3) is 0 Å². The molecule has 4 nitrogen and oxygen atoms in total. The third-order valence-electron chi connectivity index (χ3n) is 3.64. The molecule has 0 spiro atoms. The van der Waals surface area contributed by atoms with E-state index in [0.717, 1.165) is 36.4 Å². The quantitative estimate of drug-likeness (QED) is 0.643. The van der Waals surface area contributed by atoms with Crippen LogP contribution in [0, 0.1) is 0 Å². The lowest BCUT2D eigenvalue weighted by Gasteiger charge is -2.16. The largest absolute Gasteiger partial charge is 0.493 e. The van der Waals surface area contributed by atoms with Crippen molar-refractivity contribution in [1.29, 1.82) is 0 Å². The Kier molecular flexibility index (Phi) is 7.89. The zero-order valence-electron chi connectivity index (χ0n) is 14.3. The number of halogens is 1. The average molecular weight is 349 g/mol. The summed E-state index contributed by atoms with van der Waals surface area (Å²) < 4.78 is 11.5. The molecule has 0 radical (unpaired) electrons. The Morgan fingerprint density at radius 3 is 2.58 bits per heavy atom. The summed E-state index contributed by atoms with van der Waals surface area (Å²) in [5.74, 6) is 1.40. The molecular formula is C19H25ClN2O2. The van der Waals surface area contributed by atoms with Crippen molar-refractivity contribution in [2.24, 2.45) is 0 Å². The Morgan fingerprint density at radius 2 is 1.88 bits per heavy atom. The lowest BCUT2D eigenvalue weighted by atomic mass is 10.1. The van der Waals surface area contributed by atoms with Crippen LogP contribution < -0.4 is 20.1 Å². The number of ether oxygens (including phenoxy) is 2. The minimum Gasteiger partial charge on any atom is -0.493 e. The standard InChI is InChI=1S/C19H25ClN2O2/c1-21-9-6-10-22-13-16-11-17(20)12-18(23-2)19(16)24-14-15-7-4-3-5-8-15/h3-5,7-8,11-12,21-22H,6,9-10,13-14H2,1-2H3. The summed E-state index contributed by atoms with van der Waals surface area (Å²) in [6.07, 6.45) is 1.06. The van der Waals surface area contributed by atoms with Crippen molar-refractivity contribution in [1.82, 2.24) is 10.6 Å². The van der Waals surface area contributed by atoms with Crippen LogP contribution in [-0.2, 0) is 13.2 Å². The van der Waals surface area contributed by atoms with Gasteiger partial charge in [0.15, 0.2) is 11.5 Å². The van der Waals surface area contributed by atoms with Gasteiger partial charge in [-0.15, -0.1) is 0 Å². The van der Waals surface area contributed by atoms with Gasteiger partial charge in [-0.2, -0.15) is 0 Å². The molecule has 130 valence electrons. The molecule has 0 bridgehead atoms. The summed E-state index contributed by atoms with van der Waals surface area (Å²) in [6, 6.07) is 13.8. The van der Waals surface area contributed by atoms with Crippen molar-refractivity contribution >= 4 is 11.6 Å². The van der Waals surface area contributed by atoms with Gasteiger partial charge in [0.1, 0.15) is 6.61 Å². The maximum absolute atomic E-state index is 6.21. The van der Waals surface area contributed by atoms with Gasteiger partial charge in [0.05, 0.1) is 7.11 Å². The molecule has 0 fully saturated rings. The summed E-state index contributed by atoms with van der Waals surface area (Å²) in [5.41, 5.74) is 2.11. The number of hydrogen-bond acceptors (Lipinski definition) is 4. The first-order valence-corrected chi connectivity index (χ1v) is 8.51. The fraction of sp³-hybridized carbons (Fsp3) is 0.368. The van der Waals surface area contributed by atoms with Gasteiger partial charge in [-0.25, -0.2) is 0 Å². The molecule has 0 saturated carbocycles. The summed E-state index contributed by atoms with van der Waals surface area (Å²) in [5, 5.41) is 7.20. The summed E-state index contributed by atoms with van der Waals surface area (Å²) in [7, 11) is 3.59. The minimum atomic E-state index is 0.492. The van der Waals surface area contributed by atoms with E-state index in [2.05, 4.69) is 10.6 Å². The Morgan fingerprint density at radius 1 is 1.08 bits per heavy atom. The molecule has 24 heavy (non-hydrogen) atoms. The number of nitrogens with one attached hydrogen (secondary N) is 2. The topological polar surface area (TPSA) is 42.5 Å². The second-order valence-electron chi connectivity index (χ2n) is 5.50. The van der Waals surface area contributed by atoms with E-state index in [1.54, 1.807) is 13.2 Å². The molecule has 0 amide bonds. The first kappa shape index (κ1) is 18.6. The third-order valence-corrected chi connectivity index (χ3v) is 3.86. The highest BCUT2D eigenvalue weighted by Crippen LogP contribution is 2.35. The van der Waals surface area contributed by atoms with E-state index in [9.17, 15) is 0 Å². The molecule has 0 aliphatic rings. The molecule has 0 aromatic heterocycles. The van der Waals surface area contributed by atoms with Gasteiger partial charge in [0.2, 0.25) is 0 Å². The normalized spacial score (nSPS) is 10.6. The predicted molar refractivity (Wildman–Crippen MR) is 99.0 cm³/mol. The molecule has 5 heteroatoms. The molecule has 0 aliphatic carbocycles. The molecule has 0 unspecified atom stereocenters. The molecule has 2 aromatic carbocycles. The van der Waals surface area contributed by atoms with Crippen molar-refractivity contribution in [3.05, 3.63) is 58.6 Å². The Balaban J connectivity index is 2.08. The van der Waals surface area contributed by atoms with Gasteiger partial charge in [-0.1, -0.05) is 41.9 Å². The highest BCUT2D eigenvalue weighted by molar-refractivity contribution is 6.30. The number of hydrogen-bond donors (Lipinski definition) is 2. The monoisotopic (exact) mass is 348 g/mol. The lowest BCUT2D eigenvalue weighted by Crippen LogP contribution is -2.20. The molecule has 2 rings (SSSR count). The maximum Gasteiger partial charge on any atom is 0.166 e. The zero-order chi connectivity index (χ0) is 17.2. The van der Waals surface area contributed by atoms with E-state index in [-0.39, 0.29) is 0 Å². The first-order valence-electron chi connectivity index (χ1n) is 8.13. The molecule has 0 atom stereocenters. The van der Waals surface area contributed by atoms with Crippen molar-refractivity contribution in [3.8, 4) is 11.5 Å². The van der Waals surface area contributed by atoms with E-state index in [1.807, 2.05) is 43.4 Å². The third kappa shape index (κ3) is 5.71. The van der Waals surface area contributed by atoms with Gasteiger partial charge < -0.3 is 20.1 Å². The highest BCUT2D eigenvalue weighted by Gasteiger charge is 2.13. The second kappa shape index (κ2) is 10.2. The maximum atomic E-state index is 6.21. The van der Waals surface area contributed by atoms with E-state index in [0.29, 0.717) is 23.9 Å². The van der Waals surface area contributed by atoms with Crippen molar-refractivity contribution in [2.45, 2.75) is 19.6 Å². The minimum absolute atomic E-state index is 0.492. The highest BCUT2D eigenvalue weighted by atomic mass is 35.5. The molecule has 2 N–H and O–H groups in total. The molecular weight excluding hydrogens is 324 g/mol.